The summed E-state index contributed by atoms with van der Waals surface area (Å²) in [4.78, 5) is 5.93. The first-order valence-electron chi connectivity index (χ1n) is 5.18. The van der Waals surface area contributed by atoms with Gasteiger partial charge >= 0.3 is 0 Å². The lowest BCUT2D eigenvalue weighted by Gasteiger charge is -2.10. The first kappa shape index (κ1) is 13.5. The van der Waals surface area contributed by atoms with E-state index in [9.17, 15) is 8.42 Å². The van der Waals surface area contributed by atoms with Gasteiger partial charge in [-0.15, -0.1) is 0 Å². The van der Waals surface area contributed by atoms with E-state index in [-0.39, 0.29) is 12.3 Å². The molecular weight excluding hydrogens is 238 g/mol. The molecular formula is C11H17N3O2S. The number of aliphatic imine (C=N–C) groups is 1. The van der Waals surface area contributed by atoms with Crippen LogP contribution in [-0.2, 0) is 9.84 Å². The quantitative estimate of drug-likeness (QED) is 0.621. The molecule has 0 atom stereocenters. The molecule has 0 radical (unpaired) electrons. The largest absolute Gasteiger partial charge is 0.370 e. The summed E-state index contributed by atoms with van der Waals surface area (Å²) in [7, 11) is 0.246. The smallest absolute Gasteiger partial charge is 0.190 e. The van der Waals surface area contributed by atoms with Crippen molar-refractivity contribution in [1.82, 2.24) is 4.90 Å². The second kappa shape index (κ2) is 5.67. The Bertz CT molecular complexity index is 481. The molecule has 0 bridgehead atoms. The Morgan fingerprint density at radius 3 is 2.41 bits per heavy atom. The third-order valence-electron chi connectivity index (χ3n) is 2.19. The highest BCUT2D eigenvalue weighted by atomic mass is 32.2. The van der Waals surface area contributed by atoms with E-state index in [1.54, 1.807) is 49.3 Å². The lowest BCUT2D eigenvalue weighted by molar-refractivity contribution is 0.593. The zero-order valence-electron chi connectivity index (χ0n) is 10.00. The van der Waals surface area contributed by atoms with Gasteiger partial charge in [0, 0.05) is 14.1 Å². The van der Waals surface area contributed by atoms with E-state index >= 15 is 0 Å². The molecule has 0 aliphatic heterocycles. The molecule has 6 heteroatoms. The number of guanidine groups is 1. The Labute approximate surface area is 102 Å². The fourth-order valence-corrected chi connectivity index (χ4v) is 2.31. The van der Waals surface area contributed by atoms with Gasteiger partial charge in [0.1, 0.15) is 0 Å². The Morgan fingerprint density at radius 2 is 1.88 bits per heavy atom. The summed E-state index contributed by atoms with van der Waals surface area (Å²) >= 11 is 0. The minimum atomic E-state index is -3.26. The predicted octanol–water partition coefficient (Wildman–Crippen LogP) is 0.337. The molecule has 17 heavy (non-hydrogen) atoms. The zero-order chi connectivity index (χ0) is 12.9. The first-order chi connectivity index (χ1) is 7.93. The standard InChI is InChI=1S/C11H17N3O2S/c1-14(2)11(12)13-8-9-17(15,16)10-6-4-3-5-7-10/h3-7H,8-9H2,1-2H3,(H2,12,13). The highest BCUT2D eigenvalue weighted by Crippen LogP contribution is 2.09. The molecule has 0 unspecified atom stereocenters. The van der Waals surface area contributed by atoms with Crippen molar-refractivity contribution in [2.75, 3.05) is 26.4 Å². The van der Waals surface area contributed by atoms with Crippen LogP contribution in [0.25, 0.3) is 0 Å². The fraction of sp³-hybridized carbons (Fsp3) is 0.364. The number of nitrogens with two attached hydrogens (primary N) is 1. The molecule has 5 nitrogen and oxygen atoms in total. The monoisotopic (exact) mass is 255 g/mol. The van der Waals surface area contributed by atoms with Crippen LogP contribution in [0.2, 0.25) is 0 Å². The number of nitrogens with zero attached hydrogens (tertiary/aromatic N) is 2. The maximum absolute atomic E-state index is 11.9. The van der Waals surface area contributed by atoms with Crippen molar-refractivity contribution in [3.8, 4) is 0 Å². The number of sulfone groups is 1. The molecule has 0 saturated heterocycles. The molecule has 2 N–H and O–H groups in total. The first-order valence-corrected chi connectivity index (χ1v) is 6.84. The van der Waals surface area contributed by atoms with Gasteiger partial charge in [-0.05, 0) is 12.1 Å². The van der Waals surface area contributed by atoms with E-state index in [1.165, 1.54) is 0 Å². The fourth-order valence-electron chi connectivity index (χ4n) is 1.17. The molecule has 0 amide bonds. The van der Waals surface area contributed by atoms with Crippen molar-refractivity contribution < 1.29 is 8.42 Å². The van der Waals surface area contributed by atoms with E-state index in [2.05, 4.69) is 4.99 Å². The molecule has 0 aliphatic rings. The van der Waals surface area contributed by atoms with Crippen molar-refractivity contribution in [3.63, 3.8) is 0 Å². The van der Waals surface area contributed by atoms with Crippen LogP contribution in [-0.4, -0.2) is 45.7 Å². The van der Waals surface area contributed by atoms with E-state index in [4.69, 9.17) is 5.73 Å². The Morgan fingerprint density at radius 1 is 1.29 bits per heavy atom. The molecule has 0 saturated carbocycles. The number of hydrogen-bond acceptors (Lipinski definition) is 3. The summed E-state index contributed by atoms with van der Waals surface area (Å²) < 4.78 is 23.7. The van der Waals surface area contributed by atoms with Crippen molar-refractivity contribution in [3.05, 3.63) is 30.3 Å². The summed E-state index contributed by atoms with van der Waals surface area (Å²) in [6.07, 6.45) is 0. The molecule has 1 rings (SSSR count). The van der Waals surface area contributed by atoms with Gasteiger partial charge in [-0.25, -0.2) is 8.42 Å². The summed E-state index contributed by atoms with van der Waals surface area (Å²) in [6.45, 7) is 0.168. The van der Waals surface area contributed by atoms with Crippen LogP contribution in [0.5, 0.6) is 0 Å². The molecule has 0 heterocycles. The summed E-state index contributed by atoms with van der Waals surface area (Å²) in [5, 5.41) is 0. The van der Waals surface area contributed by atoms with Gasteiger partial charge in [-0.3, -0.25) is 4.99 Å². The second-order valence-electron chi connectivity index (χ2n) is 3.77. The van der Waals surface area contributed by atoms with Crippen LogP contribution < -0.4 is 5.73 Å². The van der Waals surface area contributed by atoms with Gasteiger partial charge in [0.2, 0.25) is 0 Å². The Kier molecular flexibility index (Phi) is 4.51. The van der Waals surface area contributed by atoms with Gasteiger partial charge in [0.05, 0.1) is 17.2 Å². The number of rotatable bonds is 4. The average molecular weight is 255 g/mol. The van der Waals surface area contributed by atoms with Crippen LogP contribution in [0.1, 0.15) is 0 Å². The predicted molar refractivity (Wildman–Crippen MR) is 68.7 cm³/mol. The van der Waals surface area contributed by atoms with Gasteiger partial charge in [-0.1, -0.05) is 18.2 Å². The molecule has 1 aromatic carbocycles. The van der Waals surface area contributed by atoms with Gasteiger partial charge in [0.15, 0.2) is 15.8 Å². The van der Waals surface area contributed by atoms with Crippen molar-refractivity contribution in [1.29, 1.82) is 0 Å². The van der Waals surface area contributed by atoms with Crippen molar-refractivity contribution in [2.45, 2.75) is 4.90 Å². The van der Waals surface area contributed by atoms with Gasteiger partial charge < -0.3 is 10.6 Å². The van der Waals surface area contributed by atoms with Crippen molar-refractivity contribution >= 4 is 15.8 Å². The minimum absolute atomic E-state index is 0.0362. The SMILES string of the molecule is CN(C)C(N)=NCCS(=O)(=O)c1ccccc1. The van der Waals surface area contributed by atoms with Gasteiger partial charge in [0.25, 0.3) is 0 Å². The summed E-state index contributed by atoms with van der Waals surface area (Å²) in [5.41, 5.74) is 5.57. The van der Waals surface area contributed by atoms with Crippen LogP contribution in [0, 0.1) is 0 Å². The maximum atomic E-state index is 11.9. The van der Waals surface area contributed by atoms with Gasteiger partial charge in [-0.2, -0.15) is 0 Å². The van der Waals surface area contributed by atoms with Crippen LogP contribution in [0.15, 0.2) is 40.2 Å². The topological polar surface area (TPSA) is 75.8 Å². The zero-order valence-corrected chi connectivity index (χ0v) is 10.8. The molecule has 0 fully saturated rings. The third-order valence-corrected chi connectivity index (χ3v) is 3.90. The van der Waals surface area contributed by atoms with E-state index in [0.717, 1.165) is 0 Å². The van der Waals surface area contributed by atoms with Crippen LogP contribution in [0.3, 0.4) is 0 Å². The highest BCUT2D eigenvalue weighted by molar-refractivity contribution is 7.91. The lowest BCUT2D eigenvalue weighted by Crippen LogP contribution is -2.31. The molecule has 0 aliphatic carbocycles. The van der Waals surface area contributed by atoms with E-state index in [0.29, 0.717) is 10.9 Å². The Hall–Kier alpha value is -1.56. The van der Waals surface area contributed by atoms with Crippen LogP contribution in [0.4, 0.5) is 0 Å². The molecule has 0 aromatic heterocycles. The van der Waals surface area contributed by atoms with Crippen LogP contribution >= 0.6 is 0 Å². The second-order valence-corrected chi connectivity index (χ2v) is 5.88. The molecule has 1 aromatic rings. The Balaban J connectivity index is 2.67. The number of benzene rings is 1. The van der Waals surface area contributed by atoms with Crippen molar-refractivity contribution in [2.24, 2.45) is 10.7 Å². The van der Waals surface area contributed by atoms with E-state index < -0.39 is 9.84 Å². The maximum Gasteiger partial charge on any atom is 0.190 e. The third kappa shape index (κ3) is 4.07. The molecule has 94 valence electrons. The normalized spacial score (nSPS) is 12.5. The summed E-state index contributed by atoms with van der Waals surface area (Å²) in [5.74, 6) is 0.291. The average Bonchev–Trinajstić information content (AvgIpc) is 2.29. The van der Waals surface area contributed by atoms with E-state index in [1.807, 2.05) is 0 Å². The summed E-state index contributed by atoms with van der Waals surface area (Å²) in [6, 6.07) is 8.33. The minimum Gasteiger partial charge on any atom is -0.370 e. The lowest BCUT2D eigenvalue weighted by atomic mass is 10.4. The number of hydrogen-bond donors (Lipinski definition) is 1. The highest BCUT2D eigenvalue weighted by Gasteiger charge is 2.12. The molecule has 0 spiro atoms.